The fourth-order valence-corrected chi connectivity index (χ4v) is 1.56. The Labute approximate surface area is 107 Å². The van der Waals surface area contributed by atoms with Crippen LogP contribution in [0.1, 0.15) is 26.7 Å². The first kappa shape index (κ1) is 13.8. The predicted octanol–water partition coefficient (Wildman–Crippen LogP) is 3.02. The van der Waals surface area contributed by atoms with E-state index in [0.29, 0.717) is 23.7 Å². The van der Waals surface area contributed by atoms with Crippen molar-refractivity contribution < 1.29 is 9.53 Å². The first-order valence-electron chi connectivity index (χ1n) is 5.87. The van der Waals surface area contributed by atoms with Crippen LogP contribution in [0.5, 0.6) is 5.75 Å². The summed E-state index contributed by atoms with van der Waals surface area (Å²) >= 11 is 5.98. The van der Waals surface area contributed by atoms with Crippen molar-refractivity contribution in [1.29, 1.82) is 0 Å². The summed E-state index contributed by atoms with van der Waals surface area (Å²) in [5.74, 6) is 0.460. The summed E-state index contributed by atoms with van der Waals surface area (Å²) in [5, 5.41) is 3.34. The molecule has 17 heavy (non-hydrogen) atoms. The highest BCUT2D eigenvalue weighted by molar-refractivity contribution is 6.32. The first-order valence-corrected chi connectivity index (χ1v) is 6.25. The SMILES string of the molecule is CCCNC(=O)[C@H](CC)Oc1ccccc1Cl. The summed E-state index contributed by atoms with van der Waals surface area (Å²) in [6.45, 7) is 4.59. The van der Waals surface area contributed by atoms with Gasteiger partial charge >= 0.3 is 0 Å². The lowest BCUT2D eigenvalue weighted by molar-refractivity contribution is -0.128. The Balaban J connectivity index is 2.63. The molecule has 0 aliphatic rings. The average Bonchev–Trinajstić information content (AvgIpc) is 2.35. The van der Waals surface area contributed by atoms with E-state index in [-0.39, 0.29) is 5.91 Å². The first-order chi connectivity index (χ1) is 8.19. The summed E-state index contributed by atoms with van der Waals surface area (Å²) in [6.07, 6.45) is 1.04. The Kier molecular flexibility index (Phi) is 5.84. The molecule has 1 rings (SSSR count). The normalized spacial score (nSPS) is 11.9. The van der Waals surface area contributed by atoms with E-state index in [1.807, 2.05) is 26.0 Å². The highest BCUT2D eigenvalue weighted by atomic mass is 35.5. The quantitative estimate of drug-likeness (QED) is 0.849. The van der Waals surface area contributed by atoms with Gasteiger partial charge in [-0.15, -0.1) is 0 Å². The zero-order valence-electron chi connectivity index (χ0n) is 10.2. The number of halogens is 1. The molecule has 0 heterocycles. The van der Waals surface area contributed by atoms with E-state index >= 15 is 0 Å². The molecule has 0 saturated heterocycles. The van der Waals surface area contributed by atoms with Crippen molar-refractivity contribution in [3.8, 4) is 5.75 Å². The standard InChI is InChI=1S/C13H18ClNO2/c1-3-9-15-13(16)11(4-2)17-12-8-6-5-7-10(12)14/h5-8,11H,3-4,9H2,1-2H3,(H,15,16)/t11-/m0/s1. The number of nitrogens with one attached hydrogen (secondary N) is 1. The van der Waals surface area contributed by atoms with Crippen molar-refractivity contribution in [2.75, 3.05) is 6.54 Å². The van der Waals surface area contributed by atoms with Crippen molar-refractivity contribution >= 4 is 17.5 Å². The number of ether oxygens (including phenoxy) is 1. The summed E-state index contributed by atoms with van der Waals surface area (Å²) in [7, 11) is 0. The number of para-hydroxylation sites is 1. The monoisotopic (exact) mass is 255 g/mol. The minimum absolute atomic E-state index is 0.0886. The second kappa shape index (κ2) is 7.17. The number of hydrogen-bond acceptors (Lipinski definition) is 2. The van der Waals surface area contributed by atoms with Crippen LogP contribution < -0.4 is 10.1 Å². The van der Waals surface area contributed by atoms with E-state index in [4.69, 9.17) is 16.3 Å². The molecule has 0 fully saturated rings. The van der Waals surface area contributed by atoms with Crippen LogP contribution >= 0.6 is 11.6 Å². The molecule has 0 spiro atoms. The van der Waals surface area contributed by atoms with Crippen molar-refractivity contribution in [2.24, 2.45) is 0 Å². The molecule has 3 nitrogen and oxygen atoms in total. The van der Waals surface area contributed by atoms with E-state index in [9.17, 15) is 4.79 Å². The van der Waals surface area contributed by atoms with Crippen molar-refractivity contribution in [3.05, 3.63) is 29.3 Å². The lowest BCUT2D eigenvalue weighted by Crippen LogP contribution is -2.38. The van der Waals surface area contributed by atoms with Gasteiger partial charge in [-0.3, -0.25) is 4.79 Å². The Hall–Kier alpha value is -1.22. The van der Waals surface area contributed by atoms with Gasteiger partial charge < -0.3 is 10.1 Å². The lowest BCUT2D eigenvalue weighted by atomic mass is 10.2. The molecule has 1 atom stereocenters. The molecule has 0 unspecified atom stereocenters. The van der Waals surface area contributed by atoms with Gasteiger partial charge in [-0.25, -0.2) is 0 Å². The third kappa shape index (κ3) is 4.27. The molecule has 0 radical (unpaired) electrons. The molecule has 0 aromatic heterocycles. The van der Waals surface area contributed by atoms with Crippen LogP contribution in [0.4, 0.5) is 0 Å². The highest BCUT2D eigenvalue weighted by Gasteiger charge is 2.18. The third-order valence-corrected chi connectivity index (χ3v) is 2.63. The van der Waals surface area contributed by atoms with Crippen LogP contribution in [0.15, 0.2) is 24.3 Å². The predicted molar refractivity (Wildman–Crippen MR) is 69.5 cm³/mol. The smallest absolute Gasteiger partial charge is 0.261 e. The molecule has 1 amide bonds. The van der Waals surface area contributed by atoms with E-state index in [1.165, 1.54) is 0 Å². The largest absolute Gasteiger partial charge is 0.479 e. The molecule has 1 aromatic carbocycles. The molecule has 0 saturated carbocycles. The zero-order chi connectivity index (χ0) is 12.7. The van der Waals surface area contributed by atoms with Gasteiger partial charge in [0, 0.05) is 6.54 Å². The van der Waals surface area contributed by atoms with Gasteiger partial charge in [0.25, 0.3) is 5.91 Å². The second-order valence-electron chi connectivity index (χ2n) is 3.74. The Morgan fingerprint density at radius 3 is 2.71 bits per heavy atom. The van der Waals surface area contributed by atoms with E-state index in [2.05, 4.69) is 5.32 Å². The summed E-state index contributed by atoms with van der Waals surface area (Å²) in [5.41, 5.74) is 0. The molecular formula is C13H18ClNO2. The highest BCUT2D eigenvalue weighted by Crippen LogP contribution is 2.24. The molecule has 94 valence electrons. The summed E-state index contributed by atoms with van der Waals surface area (Å²) in [4.78, 5) is 11.8. The van der Waals surface area contributed by atoms with E-state index in [0.717, 1.165) is 6.42 Å². The maximum atomic E-state index is 11.8. The zero-order valence-corrected chi connectivity index (χ0v) is 11.0. The Morgan fingerprint density at radius 2 is 2.12 bits per heavy atom. The molecular weight excluding hydrogens is 238 g/mol. The van der Waals surface area contributed by atoms with Gasteiger partial charge in [-0.2, -0.15) is 0 Å². The Morgan fingerprint density at radius 1 is 1.41 bits per heavy atom. The topological polar surface area (TPSA) is 38.3 Å². The van der Waals surface area contributed by atoms with Gasteiger partial charge in [0.2, 0.25) is 0 Å². The number of rotatable bonds is 6. The lowest BCUT2D eigenvalue weighted by Gasteiger charge is -2.17. The maximum Gasteiger partial charge on any atom is 0.261 e. The molecule has 0 aliphatic carbocycles. The van der Waals surface area contributed by atoms with Crippen LogP contribution in [0.25, 0.3) is 0 Å². The summed E-state index contributed by atoms with van der Waals surface area (Å²) in [6, 6.07) is 7.16. The molecule has 1 aromatic rings. The van der Waals surface area contributed by atoms with Gasteiger partial charge in [-0.05, 0) is 25.0 Å². The van der Waals surface area contributed by atoms with Crippen molar-refractivity contribution in [1.82, 2.24) is 5.32 Å². The van der Waals surface area contributed by atoms with Gasteiger partial charge in [0.1, 0.15) is 5.75 Å². The number of amides is 1. The van der Waals surface area contributed by atoms with Crippen LogP contribution in [0.3, 0.4) is 0 Å². The van der Waals surface area contributed by atoms with Crippen LogP contribution in [0, 0.1) is 0 Å². The number of hydrogen-bond donors (Lipinski definition) is 1. The number of carbonyl (C=O) groups is 1. The van der Waals surface area contributed by atoms with Crippen LogP contribution in [0.2, 0.25) is 5.02 Å². The third-order valence-electron chi connectivity index (χ3n) is 2.32. The van der Waals surface area contributed by atoms with Gasteiger partial charge in [-0.1, -0.05) is 37.6 Å². The van der Waals surface area contributed by atoms with Crippen molar-refractivity contribution in [2.45, 2.75) is 32.8 Å². The van der Waals surface area contributed by atoms with E-state index < -0.39 is 6.10 Å². The molecule has 0 aliphatic heterocycles. The van der Waals surface area contributed by atoms with Gasteiger partial charge in [0.15, 0.2) is 6.10 Å². The van der Waals surface area contributed by atoms with Crippen LogP contribution in [-0.2, 0) is 4.79 Å². The fraction of sp³-hybridized carbons (Fsp3) is 0.462. The number of benzene rings is 1. The minimum Gasteiger partial charge on any atom is -0.479 e. The minimum atomic E-state index is -0.485. The maximum absolute atomic E-state index is 11.8. The fourth-order valence-electron chi connectivity index (χ4n) is 1.38. The molecule has 4 heteroatoms. The second-order valence-corrected chi connectivity index (χ2v) is 4.14. The molecule has 0 bridgehead atoms. The Bertz CT molecular complexity index is 368. The number of carbonyl (C=O) groups excluding carboxylic acids is 1. The molecule has 1 N–H and O–H groups in total. The average molecular weight is 256 g/mol. The van der Waals surface area contributed by atoms with Gasteiger partial charge in [0.05, 0.1) is 5.02 Å². The van der Waals surface area contributed by atoms with E-state index in [1.54, 1.807) is 12.1 Å². The van der Waals surface area contributed by atoms with Crippen molar-refractivity contribution in [3.63, 3.8) is 0 Å². The van der Waals surface area contributed by atoms with Crippen LogP contribution in [-0.4, -0.2) is 18.6 Å². The summed E-state index contributed by atoms with van der Waals surface area (Å²) < 4.78 is 5.61.